The highest BCUT2D eigenvalue weighted by atomic mass is 15.1. The third kappa shape index (κ3) is 1.77. The lowest BCUT2D eigenvalue weighted by molar-refractivity contribution is 0.618. The molecule has 0 aromatic carbocycles. The van der Waals surface area contributed by atoms with E-state index in [9.17, 15) is 0 Å². The van der Waals surface area contributed by atoms with E-state index in [1.54, 1.807) is 18.5 Å². The normalized spacial score (nSPS) is 11.3. The van der Waals surface area contributed by atoms with Crippen LogP contribution in [0, 0.1) is 0 Å². The largest absolute Gasteiger partial charge is 0.398 e. The number of nitrogen functional groups attached to an aromatic ring is 2. The Morgan fingerprint density at radius 1 is 1.15 bits per heavy atom. The zero-order valence-corrected chi connectivity index (χ0v) is 11.4. The Morgan fingerprint density at radius 3 is 2.65 bits per heavy atom. The SMILES string of the molecule is CC(C)n1cc(-c2cnccc2N)c2c(N)ncnc21. The van der Waals surface area contributed by atoms with Gasteiger partial charge in [0.2, 0.25) is 0 Å². The van der Waals surface area contributed by atoms with Gasteiger partial charge in [-0.2, -0.15) is 0 Å². The van der Waals surface area contributed by atoms with Crippen LogP contribution in [0.5, 0.6) is 0 Å². The van der Waals surface area contributed by atoms with Crippen molar-refractivity contribution in [3.8, 4) is 11.1 Å². The van der Waals surface area contributed by atoms with Crippen molar-refractivity contribution < 1.29 is 0 Å². The molecule has 0 atom stereocenters. The molecular weight excluding hydrogens is 252 g/mol. The molecule has 6 heteroatoms. The van der Waals surface area contributed by atoms with Crippen LogP contribution in [-0.2, 0) is 0 Å². The molecular formula is C14H16N6. The summed E-state index contributed by atoms with van der Waals surface area (Å²) in [5.41, 5.74) is 15.3. The molecule has 0 aliphatic rings. The third-order valence-corrected chi connectivity index (χ3v) is 3.34. The molecule has 3 aromatic heterocycles. The van der Waals surface area contributed by atoms with Crippen LogP contribution >= 0.6 is 0 Å². The third-order valence-electron chi connectivity index (χ3n) is 3.34. The Balaban J connectivity index is 2.40. The van der Waals surface area contributed by atoms with Gasteiger partial charge in [0.15, 0.2) is 0 Å². The predicted octanol–water partition coefficient (Wildman–Crippen LogP) is 2.24. The zero-order chi connectivity index (χ0) is 14.3. The topological polar surface area (TPSA) is 95.6 Å². The van der Waals surface area contributed by atoms with E-state index in [1.807, 2.05) is 6.20 Å². The highest BCUT2D eigenvalue weighted by molar-refractivity contribution is 6.02. The van der Waals surface area contributed by atoms with Gasteiger partial charge >= 0.3 is 0 Å². The van der Waals surface area contributed by atoms with Gasteiger partial charge in [0, 0.05) is 41.4 Å². The van der Waals surface area contributed by atoms with Gasteiger partial charge in [-0.1, -0.05) is 0 Å². The Hall–Kier alpha value is -2.63. The average molecular weight is 268 g/mol. The molecule has 102 valence electrons. The van der Waals surface area contributed by atoms with Crippen molar-refractivity contribution >= 4 is 22.5 Å². The minimum absolute atomic E-state index is 0.262. The minimum atomic E-state index is 0.262. The number of nitrogens with two attached hydrogens (primary N) is 2. The Bertz CT molecular complexity index is 774. The van der Waals surface area contributed by atoms with Crippen molar-refractivity contribution in [2.45, 2.75) is 19.9 Å². The maximum Gasteiger partial charge on any atom is 0.146 e. The van der Waals surface area contributed by atoms with Gasteiger partial charge in [0.1, 0.15) is 17.8 Å². The van der Waals surface area contributed by atoms with Gasteiger partial charge in [-0.3, -0.25) is 4.98 Å². The number of hydrogen-bond donors (Lipinski definition) is 2. The Morgan fingerprint density at radius 2 is 1.95 bits per heavy atom. The molecule has 0 spiro atoms. The average Bonchev–Trinajstić information content (AvgIpc) is 2.80. The van der Waals surface area contributed by atoms with Crippen LogP contribution in [0.3, 0.4) is 0 Å². The fourth-order valence-electron chi connectivity index (χ4n) is 2.34. The van der Waals surface area contributed by atoms with E-state index < -0.39 is 0 Å². The fourth-order valence-corrected chi connectivity index (χ4v) is 2.34. The fraction of sp³-hybridized carbons (Fsp3) is 0.214. The van der Waals surface area contributed by atoms with Gasteiger partial charge in [0.05, 0.1) is 5.39 Å². The lowest BCUT2D eigenvalue weighted by Gasteiger charge is -2.07. The maximum absolute atomic E-state index is 6.05. The molecule has 3 rings (SSSR count). The second kappa shape index (κ2) is 4.48. The van der Waals surface area contributed by atoms with E-state index in [0.717, 1.165) is 22.2 Å². The molecule has 6 nitrogen and oxygen atoms in total. The molecule has 3 aromatic rings. The van der Waals surface area contributed by atoms with Crippen molar-refractivity contribution in [1.29, 1.82) is 0 Å². The molecule has 0 aliphatic carbocycles. The molecule has 0 unspecified atom stereocenters. The number of aromatic nitrogens is 4. The first-order valence-electron chi connectivity index (χ1n) is 6.40. The quantitative estimate of drug-likeness (QED) is 0.743. The highest BCUT2D eigenvalue weighted by Crippen LogP contribution is 2.36. The first kappa shape index (κ1) is 12.4. The second-order valence-electron chi connectivity index (χ2n) is 4.96. The summed E-state index contributed by atoms with van der Waals surface area (Å²) < 4.78 is 2.06. The first-order chi connectivity index (χ1) is 9.59. The van der Waals surface area contributed by atoms with Crippen molar-refractivity contribution in [2.75, 3.05) is 11.5 Å². The summed E-state index contributed by atoms with van der Waals surface area (Å²) in [6.45, 7) is 4.18. The van der Waals surface area contributed by atoms with Gasteiger partial charge in [-0.15, -0.1) is 0 Å². The molecule has 0 fully saturated rings. The van der Waals surface area contributed by atoms with E-state index in [2.05, 4.69) is 33.4 Å². The molecule has 0 aliphatic heterocycles. The molecule has 0 amide bonds. The Labute approximate surface area is 116 Å². The number of rotatable bonds is 2. The summed E-state index contributed by atoms with van der Waals surface area (Å²) in [4.78, 5) is 12.6. The van der Waals surface area contributed by atoms with Crippen molar-refractivity contribution in [3.63, 3.8) is 0 Å². The molecule has 4 N–H and O–H groups in total. The van der Waals surface area contributed by atoms with Crippen LogP contribution in [0.25, 0.3) is 22.2 Å². The predicted molar refractivity (Wildman–Crippen MR) is 80.0 cm³/mol. The molecule has 0 saturated heterocycles. The van der Waals surface area contributed by atoms with Crippen LogP contribution in [-0.4, -0.2) is 19.5 Å². The van der Waals surface area contributed by atoms with Gasteiger partial charge in [-0.05, 0) is 19.9 Å². The van der Waals surface area contributed by atoms with E-state index >= 15 is 0 Å². The summed E-state index contributed by atoms with van der Waals surface area (Å²) in [6.07, 6.45) is 6.89. The standard InChI is InChI=1S/C14H16N6/c1-8(2)20-6-10(9-5-17-4-3-11(9)15)12-13(16)18-7-19-14(12)20/h3-8H,1-2H3,(H2,15,17)(H2,16,18,19). The van der Waals surface area contributed by atoms with Crippen molar-refractivity contribution in [2.24, 2.45) is 0 Å². The molecule has 0 bridgehead atoms. The Kier molecular flexibility index (Phi) is 2.78. The van der Waals surface area contributed by atoms with E-state index in [4.69, 9.17) is 11.5 Å². The minimum Gasteiger partial charge on any atom is -0.398 e. The summed E-state index contributed by atoms with van der Waals surface area (Å²) in [7, 11) is 0. The maximum atomic E-state index is 6.05. The number of anilines is 2. The monoisotopic (exact) mass is 268 g/mol. The molecule has 20 heavy (non-hydrogen) atoms. The van der Waals surface area contributed by atoms with Crippen molar-refractivity contribution in [3.05, 3.63) is 31.0 Å². The number of nitrogens with zero attached hydrogens (tertiary/aromatic N) is 4. The summed E-state index contributed by atoms with van der Waals surface area (Å²) in [5.74, 6) is 0.452. The number of fused-ring (bicyclic) bond motifs is 1. The summed E-state index contributed by atoms with van der Waals surface area (Å²) in [6, 6.07) is 2.03. The summed E-state index contributed by atoms with van der Waals surface area (Å²) in [5, 5.41) is 0.820. The van der Waals surface area contributed by atoms with Gasteiger partial charge < -0.3 is 16.0 Å². The van der Waals surface area contributed by atoms with E-state index in [0.29, 0.717) is 11.5 Å². The highest BCUT2D eigenvalue weighted by Gasteiger charge is 2.17. The van der Waals surface area contributed by atoms with E-state index in [-0.39, 0.29) is 6.04 Å². The zero-order valence-electron chi connectivity index (χ0n) is 11.4. The van der Waals surface area contributed by atoms with Crippen molar-refractivity contribution in [1.82, 2.24) is 19.5 Å². The van der Waals surface area contributed by atoms with E-state index in [1.165, 1.54) is 6.33 Å². The molecule has 0 saturated carbocycles. The number of hydrogen-bond acceptors (Lipinski definition) is 5. The smallest absolute Gasteiger partial charge is 0.146 e. The lowest BCUT2D eigenvalue weighted by atomic mass is 10.1. The van der Waals surface area contributed by atoms with Crippen LogP contribution < -0.4 is 11.5 Å². The molecule has 3 heterocycles. The van der Waals surface area contributed by atoms with Gasteiger partial charge in [-0.25, -0.2) is 9.97 Å². The number of pyridine rings is 1. The van der Waals surface area contributed by atoms with Gasteiger partial charge in [0.25, 0.3) is 0 Å². The lowest BCUT2D eigenvalue weighted by Crippen LogP contribution is -2.00. The molecule has 0 radical (unpaired) electrons. The van der Waals surface area contributed by atoms with Crippen LogP contribution in [0.15, 0.2) is 31.0 Å². The van der Waals surface area contributed by atoms with Crippen LogP contribution in [0.2, 0.25) is 0 Å². The second-order valence-corrected chi connectivity index (χ2v) is 4.96. The first-order valence-corrected chi connectivity index (χ1v) is 6.40. The summed E-state index contributed by atoms with van der Waals surface area (Å²) >= 11 is 0. The van der Waals surface area contributed by atoms with Crippen LogP contribution in [0.4, 0.5) is 11.5 Å². The van der Waals surface area contributed by atoms with Crippen LogP contribution in [0.1, 0.15) is 19.9 Å².